The van der Waals surface area contributed by atoms with Crippen LogP contribution in [0.25, 0.3) is 0 Å². The van der Waals surface area contributed by atoms with E-state index in [2.05, 4.69) is 10.0 Å². The number of hydrogen-bond donors (Lipinski definition) is 2. The number of benzene rings is 2. The van der Waals surface area contributed by atoms with Gasteiger partial charge in [0.2, 0.25) is 0 Å². The summed E-state index contributed by atoms with van der Waals surface area (Å²) in [5.41, 5.74) is 0.242. The number of aryl methyl sites for hydroxylation is 1. The highest BCUT2D eigenvalue weighted by Crippen LogP contribution is 2.40. The van der Waals surface area contributed by atoms with Crippen LogP contribution < -0.4 is 19.5 Å². The highest BCUT2D eigenvalue weighted by Gasteiger charge is 2.36. The number of hydrogen-bond acceptors (Lipinski definition) is 5. The highest BCUT2D eigenvalue weighted by molar-refractivity contribution is 7.92. The highest BCUT2D eigenvalue weighted by atomic mass is 32.2. The Morgan fingerprint density at radius 2 is 1.92 bits per heavy atom. The number of carbonyl (C=O) groups excluding carboxylic acids is 1. The van der Waals surface area contributed by atoms with Gasteiger partial charge in [-0.15, -0.1) is 0 Å². The molecule has 0 radical (unpaired) electrons. The van der Waals surface area contributed by atoms with E-state index in [4.69, 9.17) is 9.47 Å². The van der Waals surface area contributed by atoms with Crippen LogP contribution in [0.1, 0.15) is 19.4 Å². The first-order valence-corrected chi connectivity index (χ1v) is 9.43. The molecule has 138 valence electrons. The van der Waals surface area contributed by atoms with Crippen LogP contribution in [0.15, 0.2) is 41.3 Å². The van der Waals surface area contributed by atoms with E-state index in [0.717, 1.165) is 5.56 Å². The first-order chi connectivity index (χ1) is 12.1. The number of fused-ring (bicyclic) bond motifs is 1. The van der Waals surface area contributed by atoms with E-state index >= 15 is 0 Å². The number of sulfonamides is 1. The zero-order valence-electron chi connectivity index (χ0n) is 14.9. The van der Waals surface area contributed by atoms with Crippen LogP contribution in [-0.4, -0.2) is 27.0 Å². The maximum atomic E-state index is 12.9. The largest absolute Gasteiger partial charge is 0.495 e. The fourth-order valence-electron chi connectivity index (χ4n) is 2.61. The molecule has 0 aromatic heterocycles. The molecule has 2 aromatic carbocycles. The van der Waals surface area contributed by atoms with Gasteiger partial charge < -0.3 is 14.8 Å². The number of para-hydroxylation sites is 1. The predicted molar refractivity (Wildman–Crippen MR) is 98.3 cm³/mol. The van der Waals surface area contributed by atoms with Crippen LogP contribution in [0.4, 0.5) is 11.4 Å². The minimum absolute atomic E-state index is 0.0148. The fraction of sp³-hybridized carbons (Fsp3) is 0.278. The van der Waals surface area contributed by atoms with Crippen LogP contribution in [0, 0.1) is 6.92 Å². The average Bonchev–Trinajstić information content (AvgIpc) is 2.56. The molecule has 0 bridgehead atoms. The molecule has 0 atom stereocenters. The van der Waals surface area contributed by atoms with Crippen molar-refractivity contribution in [2.45, 2.75) is 31.3 Å². The molecule has 2 N–H and O–H groups in total. The molecule has 8 heteroatoms. The molecule has 3 rings (SSSR count). The SMILES string of the molecule is COc1ccc(C)cc1S(=O)(=O)Nc1cccc2c1NC(=O)C(C)(C)O2. The van der Waals surface area contributed by atoms with Crippen LogP contribution >= 0.6 is 0 Å². The maximum absolute atomic E-state index is 12.9. The zero-order chi connectivity index (χ0) is 19.1. The summed E-state index contributed by atoms with van der Waals surface area (Å²) in [7, 11) is -2.53. The second kappa shape index (κ2) is 6.21. The quantitative estimate of drug-likeness (QED) is 0.856. The molecule has 0 saturated carbocycles. The summed E-state index contributed by atoms with van der Waals surface area (Å²) >= 11 is 0. The third-order valence-electron chi connectivity index (χ3n) is 4.03. The number of anilines is 2. The minimum Gasteiger partial charge on any atom is -0.495 e. The van der Waals surface area contributed by atoms with Crippen molar-refractivity contribution < 1.29 is 22.7 Å². The molecule has 1 heterocycles. The van der Waals surface area contributed by atoms with Crippen molar-refractivity contribution in [3.05, 3.63) is 42.0 Å². The Morgan fingerprint density at radius 3 is 2.62 bits per heavy atom. The van der Waals surface area contributed by atoms with Crippen molar-refractivity contribution in [3.8, 4) is 11.5 Å². The smallest absolute Gasteiger partial charge is 0.268 e. The molecule has 7 nitrogen and oxygen atoms in total. The molecular formula is C18H20N2O5S. The summed E-state index contributed by atoms with van der Waals surface area (Å²) in [5, 5.41) is 2.71. The standard InChI is InChI=1S/C18H20N2O5S/c1-11-8-9-13(24-4)15(10-11)26(22,23)20-12-6-5-7-14-16(12)19-17(21)18(2,3)25-14/h5-10,20H,1-4H3,(H,19,21). The first-order valence-electron chi connectivity index (χ1n) is 7.95. The van der Waals surface area contributed by atoms with E-state index in [9.17, 15) is 13.2 Å². The summed E-state index contributed by atoms with van der Waals surface area (Å²) in [6.07, 6.45) is 0. The Morgan fingerprint density at radius 1 is 1.19 bits per heavy atom. The Labute approximate surface area is 152 Å². The molecule has 0 unspecified atom stereocenters. The van der Waals surface area contributed by atoms with Crippen LogP contribution in [0.2, 0.25) is 0 Å². The second-order valence-corrected chi connectivity index (χ2v) is 8.16. The molecule has 1 aliphatic heterocycles. The molecule has 0 spiro atoms. The molecule has 26 heavy (non-hydrogen) atoms. The van der Waals surface area contributed by atoms with Crippen molar-refractivity contribution >= 4 is 27.3 Å². The van der Waals surface area contributed by atoms with Gasteiger partial charge in [-0.2, -0.15) is 0 Å². The van der Waals surface area contributed by atoms with Crippen molar-refractivity contribution in [2.24, 2.45) is 0 Å². The number of amides is 1. The fourth-order valence-corrected chi connectivity index (χ4v) is 3.94. The summed E-state index contributed by atoms with van der Waals surface area (Å²) < 4.78 is 39.1. The van der Waals surface area contributed by atoms with Gasteiger partial charge in [-0.1, -0.05) is 12.1 Å². The van der Waals surface area contributed by atoms with E-state index in [0.29, 0.717) is 5.75 Å². The average molecular weight is 376 g/mol. The Balaban J connectivity index is 2.03. The number of methoxy groups -OCH3 is 1. The minimum atomic E-state index is -3.94. The molecule has 1 aliphatic rings. The molecule has 2 aromatic rings. The Kier molecular flexibility index (Phi) is 4.31. The van der Waals surface area contributed by atoms with Crippen LogP contribution in [0.3, 0.4) is 0 Å². The van der Waals surface area contributed by atoms with E-state index in [1.165, 1.54) is 13.2 Å². The summed E-state index contributed by atoms with van der Waals surface area (Å²) in [5.74, 6) is 0.269. The summed E-state index contributed by atoms with van der Waals surface area (Å²) in [4.78, 5) is 12.2. The monoisotopic (exact) mass is 376 g/mol. The van der Waals surface area contributed by atoms with Crippen molar-refractivity contribution in [2.75, 3.05) is 17.1 Å². The van der Waals surface area contributed by atoms with Gasteiger partial charge in [0, 0.05) is 0 Å². The number of rotatable bonds is 4. The molecule has 0 aliphatic carbocycles. The first kappa shape index (κ1) is 18.1. The third-order valence-corrected chi connectivity index (χ3v) is 5.42. The molecule has 1 amide bonds. The van der Waals surface area contributed by atoms with Gasteiger partial charge in [-0.3, -0.25) is 9.52 Å². The number of nitrogens with one attached hydrogen (secondary N) is 2. The lowest BCUT2D eigenvalue weighted by atomic mass is 10.1. The Hall–Kier alpha value is -2.74. The zero-order valence-corrected chi connectivity index (χ0v) is 15.7. The number of ether oxygens (including phenoxy) is 2. The van der Waals surface area contributed by atoms with Crippen molar-refractivity contribution in [1.29, 1.82) is 0 Å². The van der Waals surface area contributed by atoms with Gasteiger partial charge in [0.15, 0.2) is 5.60 Å². The lowest BCUT2D eigenvalue weighted by Crippen LogP contribution is -2.45. The van der Waals surface area contributed by atoms with Gasteiger partial charge in [-0.05, 0) is 50.6 Å². The van der Waals surface area contributed by atoms with Crippen molar-refractivity contribution in [3.63, 3.8) is 0 Å². The normalized spacial score (nSPS) is 15.5. The van der Waals surface area contributed by atoms with Gasteiger partial charge >= 0.3 is 0 Å². The molecule has 0 saturated heterocycles. The topological polar surface area (TPSA) is 93.7 Å². The maximum Gasteiger partial charge on any atom is 0.268 e. The van der Waals surface area contributed by atoms with Gasteiger partial charge in [0.25, 0.3) is 15.9 Å². The van der Waals surface area contributed by atoms with E-state index < -0.39 is 15.6 Å². The lowest BCUT2D eigenvalue weighted by Gasteiger charge is -2.32. The predicted octanol–water partition coefficient (Wildman–Crippen LogP) is 2.91. The van der Waals surface area contributed by atoms with Gasteiger partial charge in [0.05, 0.1) is 12.8 Å². The summed E-state index contributed by atoms with van der Waals surface area (Å²) in [6.45, 7) is 5.07. The molecule has 0 fully saturated rings. The second-order valence-electron chi connectivity index (χ2n) is 6.51. The van der Waals surface area contributed by atoms with Crippen LogP contribution in [0.5, 0.6) is 11.5 Å². The summed E-state index contributed by atoms with van der Waals surface area (Å²) in [6, 6.07) is 9.75. The van der Waals surface area contributed by atoms with Gasteiger partial charge in [0.1, 0.15) is 22.1 Å². The van der Waals surface area contributed by atoms with E-state index in [-0.39, 0.29) is 27.9 Å². The van der Waals surface area contributed by atoms with E-state index in [1.54, 1.807) is 51.1 Å². The van der Waals surface area contributed by atoms with E-state index in [1.807, 2.05) is 0 Å². The third kappa shape index (κ3) is 3.20. The molecular weight excluding hydrogens is 356 g/mol. The lowest BCUT2D eigenvalue weighted by molar-refractivity contribution is -0.129. The number of carbonyl (C=O) groups is 1. The Bertz CT molecular complexity index is 983. The van der Waals surface area contributed by atoms with Gasteiger partial charge in [-0.25, -0.2) is 8.42 Å². The van der Waals surface area contributed by atoms with Crippen molar-refractivity contribution in [1.82, 2.24) is 0 Å². The van der Waals surface area contributed by atoms with Crippen LogP contribution in [-0.2, 0) is 14.8 Å².